The van der Waals surface area contributed by atoms with Crippen LogP contribution in [0.2, 0.25) is 0 Å². The third kappa shape index (κ3) is 2.89. The molecule has 0 spiro atoms. The van der Waals surface area contributed by atoms with Gasteiger partial charge >= 0.3 is 40.4 Å². The first-order valence-electron chi connectivity index (χ1n) is 4.52. The smallest absolute Gasteiger partial charge is 0.218 e. The van der Waals surface area contributed by atoms with Crippen LogP contribution in [-0.2, 0) is 0 Å². The number of halogens is 16. The topological polar surface area (TPSA) is 0 Å². The monoisotopic (exact) mass is 420 g/mol. The summed E-state index contributed by atoms with van der Waals surface area (Å²) in [6, 6.07) is 0. The second-order valence-corrected chi connectivity index (χ2v) is 4.82. The molecule has 0 aromatic heterocycles. The molecule has 140 valence electrons. The molecular weight excluding hydrogens is 421 g/mol. The highest BCUT2D eigenvalue weighted by atomic mass is 35.5. The van der Waals surface area contributed by atoms with E-state index in [1.165, 1.54) is 0 Å². The Morgan fingerprint density at radius 1 is 0.391 bits per heavy atom. The quantitative estimate of drug-likeness (QED) is 0.388. The molecule has 0 aliphatic heterocycles. The molecule has 0 heterocycles. The van der Waals surface area contributed by atoms with Crippen molar-refractivity contribution in [3.8, 4) is 0 Å². The maximum absolute atomic E-state index is 13.1. The van der Waals surface area contributed by atoms with Gasteiger partial charge in [-0.1, -0.05) is 0 Å². The lowest BCUT2D eigenvalue weighted by Crippen LogP contribution is -2.74. The van der Waals surface area contributed by atoms with Gasteiger partial charge in [0.1, 0.15) is 0 Å². The van der Waals surface area contributed by atoms with Crippen LogP contribution in [0.1, 0.15) is 0 Å². The van der Waals surface area contributed by atoms with Gasteiger partial charge in [0.05, 0.1) is 0 Å². The molecule has 1 unspecified atom stereocenters. The molecule has 0 amide bonds. The highest BCUT2D eigenvalue weighted by Gasteiger charge is 2.94. The van der Waals surface area contributed by atoms with Gasteiger partial charge in [-0.3, -0.25) is 0 Å². The van der Waals surface area contributed by atoms with Gasteiger partial charge in [-0.25, -0.2) is 4.39 Å². The normalized spacial score (nSPS) is 18.8. The van der Waals surface area contributed by atoms with Crippen molar-refractivity contribution in [2.75, 3.05) is 0 Å². The predicted molar refractivity (Wildman–Crippen MR) is 46.3 cm³/mol. The Kier molecular flexibility index (Phi) is 5.20. The van der Waals surface area contributed by atoms with Gasteiger partial charge in [-0.05, 0) is 23.2 Å². The molecule has 0 nitrogen and oxygen atoms in total. The van der Waals surface area contributed by atoms with Gasteiger partial charge in [-0.15, -0.1) is 0 Å². The van der Waals surface area contributed by atoms with Crippen molar-refractivity contribution in [2.24, 2.45) is 0 Å². The highest BCUT2D eigenvalue weighted by Crippen LogP contribution is 2.64. The van der Waals surface area contributed by atoms with Gasteiger partial charge in [-0.2, -0.15) is 57.1 Å². The number of alkyl halides is 16. The number of rotatable bonds is 5. The summed E-state index contributed by atoms with van der Waals surface area (Å²) in [5.41, 5.74) is -7.84. The van der Waals surface area contributed by atoms with Gasteiger partial charge < -0.3 is 0 Å². The van der Waals surface area contributed by atoms with Crippen LogP contribution in [0.5, 0.6) is 0 Å². The molecule has 0 aromatic rings. The van der Waals surface area contributed by atoms with Gasteiger partial charge in [0.15, 0.2) is 0 Å². The molecule has 1 atom stereocenters. The van der Waals surface area contributed by atoms with Crippen molar-refractivity contribution >= 4 is 23.2 Å². The minimum absolute atomic E-state index is 3.37. The van der Waals surface area contributed by atoms with E-state index in [-0.39, 0.29) is 0 Å². The molecule has 0 rings (SSSR count). The molecule has 0 saturated carbocycles. The molecule has 0 saturated heterocycles. The first kappa shape index (κ1) is 22.6. The summed E-state index contributed by atoms with van der Waals surface area (Å²) >= 11 is 6.75. The second kappa shape index (κ2) is 5.30. The highest BCUT2D eigenvalue weighted by molar-refractivity contribution is 6.23. The van der Waals surface area contributed by atoms with Crippen molar-refractivity contribution < 1.29 is 61.5 Å². The largest absolute Gasteiger partial charge is 0.436 e. The molecule has 23 heavy (non-hydrogen) atoms. The summed E-state index contributed by atoms with van der Waals surface area (Å²) in [5.74, 6) is -23.8. The lowest BCUT2D eigenvalue weighted by molar-refractivity contribution is -0.426. The molecule has 0 aliphatic rings. The first-order valence-corrected chi connectivity index (χ1v) is 5.28. The van der Waals surface area contributed by atoms with E-state index in [0.717, 1.165) is 0 Å². The predicted octanol–water partition coefficient (Wildman–Crippen LogP) is 5.83. The van der Waals surface area contributed by atoms with Gasteiger partial charge in [0.2, 0.25) is 0 Å². The summed E-state index contributed by atoms with van der Waals surface area (Å²) in [6.07, 6.45) is -7.68. The summed E-state index contributed by atoms with van der Waals surface area (Å²) in [7, 11) is 0. The van der Waals surface area contributed by atoms with Crippen molar-refractivity contribution in [3.05, 3.63) is 0 Å². The third-order valence-corrected chi connectivity index (χ3v) is 2.86. The van der Waals surface area contributed by atoms with E-state index in [4.69, 9.17) is 0 Å². The van der Waals surface area contributed by atoms with E-state index >= 15 is 0 Å². The Labute approximate surface area is 126 Å². The van der Waals surface area contributed by atoms with E-state index in [9.17, 15) is 61.5 Å². The van der Waals surface area contributed by atoms with Crippen LogP contribution in [0.15, 0.2) is 0 Å². The fourth-order valence-corrected chi connectivity index (χ4v) is 1.45. The molecule has 0 bridgehead atoms. The van der Waals surface area contributed by atoms with E-state index in [2.05, 4.69) is 23.2 Å². The molecule has 0 N–H and O–H groups in total. The molecule has 0 radical (unpaired) electrons. The summed E-state index contributed by atoms with van der Waals surface area (Å²) in [4.78, 5) is 0. The van der Waals surface area contributed by atoms with Crippen LogP contribution in [-0.4, -0.2) is 40.4 Å². The van der Waals surface area contributed by atoms with Crippen molar-refractivity contribution in [1.82, 2.24) is 0 Å². The minimum atomic E-state index is -8.16. The van der Waals surface area contributed by atoms with Crippen LogP contribution in [0.4, 0.5) is 61.5 Å². The van der Waals surface area contributed by atoms with Gasteiger partial charge in [0.25, 0.3) is 0 Å². The van der Waals surface area contributed by atoms with Crippen LogP contribution in [0, 0.1) is 0 Å². The zero-order chi connectivity index (χ0) is 19.5. The Bertz CT molecular complexity index is 426. The summed E-state index contributed by atoms with van der Waals surface area (Å²) < 4.78 is 175. The van der Waals surface area contributed by atoms with Crippen LogP contribution in [0.25, 0.3) is 0 Å². The van der Waals surface area contributed by atoms with E-state index in [1.54, 1.807) is 0 Å². The van der Waals surface area contributed by atoms with Crippen LogP contribution in [0.3, 0.4) is 0 Å². The average Bonchev–Trinajstić information content (AvgIpc) is 2.22. The fourth-order valence-electron chi connectivity index (χ4n) is 1.11. The lowest BCUT2D eigenvalue weighted by Gasteiger charge is -2.42. The summed E-state index contributed by atoms with van der Waals surface area (Å²) in [5, 5.41) is -13.6. The minimum Gasteiger partial charge on any atom is -0.218 e. The molecule has 16 heteroatoms. The van der Waals surface area contributed by atoms with Crippen molar-refractivity contribution in [2.45, 2.75) is 40.4 Å². The van der Waals surface area contributed by atoms with E-state index < -0.39 is 40.4 Å². The van der Waals surface area contributed by atoms with E-state index in [0.29, 0.717) is 0 Å². The standard InChI is InChI=1S/C7Cl2F14/c8-5(17,18)1(10,7(21,22)23)2(11,12)3(13,14)4(15,16)6(9,19)20. The molecule has 0 fully saturated rings. The Hall–Kier alpha value is -0.400. The molecule has 0 aliphatic carbocycles. The Balaban J connectivity index is 6.65. The zero-order valence-electron chi connectivity index (χ0n) is 9.55. The number of hydrogen-bond donors (Lipinski definition) is 0. The average molecular weight is 421 g/mol. The fraction of sp³-hybridized carbons (Fsp3) is 1.00. The second-order valence-electron chi connectivity index (χ2n) is 3.87. The maximum atomic E-state index is 13.1. The lowest BCUT2D eigenvalue weighted by atomic mass is 9.88. The number of hydrogen-bond acceptors (Lipinski definition) is 0. The SMILES string of the molecule is FC(F)(F)C(F)(C(F)(F)Cl)C(F)(F)C(F)(F)C(F)(F)C(F)(F)Cl. The van der Waals surface area contributed by atoms with Crippen LogP contribution >= 0.6 is 23.2 Å². The summed E-state index contributed by atoms with van der Waals surface area (Å²) in [6.45, 7) is 0. The van der Waals surface area contributed by atoms with Crippen LogP contribution < -0.4 is 0 Å². The maximum Gasteiger partial charge on any atom is 0.436 e. The molecular formula is C7Cl2F14. The Morgan fingerprint density at radius 3 is 0.870 bits per heavy atom. The molecule has 0 aromatic carbocycles. The zero-order valence-corrected chi connectivity index (χ0v) is 11.1. The van der Waals surface area contributed by atoms with Crippen molar-refractivity contribution in [1.29, 1.82) is 0 Å². The van der Waals surface area contributed by atoms with Crippen molar-refractivity contribution in [3.63, 3.8) is 0 Å². The first-order chi connectivity index (χ1) is 9.50. The third-order valence-electron chi connectivity index (χ3n) is 2.36. The van der Waals surface area contributed by atoms with Gasteiger partial charge in [0, 0.05) is 0 Å². The Morgan fingerprint density at radius 2 is 0.696 bits per heavy atom. The van der Waals surface area contributed by atoms with E-state index in [1.807, 2.05) is 0 Å².